The van der Waals surface area contributed by atoms with Crippen LogP contribution in [-0.2, 0) is 4.74 Å². The first-order valence-corrected chi connectivity index (χ1v) is 9.68. The number of nitrogens with zero attached hydrogens (tertiary/aromatic N) is 3. The molecule has 0 bridgehead atoms. The fourth-order valence-corrected chi connectivity index (χ4v) is 3.62. The zero-order chi connectivity index (χ0) is 20.3. The summed E-state index contributed by atoms with van der Waals surface area (Å²) in [5.41, 5.74) is 2.18. The zero-order valence-electron chi connectivity index (χ0n) is 17.7. The summed E-state index contributed by atoms with van der Waals surface area (Å²) in [6, 6.07) is 5.07. The molecule has 2 aliphatic rings. The number of hydrogen-bond donors (Lipinski definition) is 1. The summed E-state index contributed by atoms with van der Waals surface area (Å²) >= 11 is 0. The van der Waals surface area contributed by atoms with E-state index in [1.165, 1.54) is 0 Å². The molecular weight excluding hydrogens is 378 g/mol. The van der Waals surface area contributed by atoms with E-state index in [0.29, 0.717) is 16.7 Å². The van der Waals surface area contributed by atoms with E-state index in [9.17, 15) is 4.79 Å². The lowest BCUT2D eigenvalue weighted by Crippen LogP contribution is -2.71. The number of aliphatic hydroxyl groups is 1. The SMILES string of the molecule is CC(C(=O)c1ccc2ooc2c1)N(C)C.CN1CCN(CCO)C2(COC2)C1.O. The predicted octanol–water partition coefficient (Wildman–Crippen LogP) is 0.329. The van der Waals surface area contributed by atoms with Crippen molar-refractivity contribution < 1.29 is 29.3 Å². The Morgan fingerprint density at radius 1 is 1.24 bits per heavy atom. The average Bonchev–Trinajstić information content (AvgIpc) is 2.62. The van der Waals surface area contributed by atoms with Gasteiger partial charge in [-0.1, -0.05) is 0 Å². The molecule has 0 aliphatic carbocycles. The van der Waals surface area contributed by atoms with Crippen LogP contribution in [-0.4, -0.2) is 110 Å². The number of likely N-dealkylation sites (N-methyl/N-ethyl adjacent to an activating group) is 2. The molecule has 164 valence electrons. The van der Waals surface area contributed by atoms with Crippen molar-refractivity contribution in [1.82, 2.24) is 14.7 Å². The first-order valence-electron chi connectivity index (χ1n) is 9.68. The van der Waals surface area contributed by atoms with E-state index in [2.05, 4.69) is 16.8 Å². The number of hydrogen-bond acceptors (Lipinski definition) is 8. The summed E-state index contributed by atoms with van der Waals surface area (Å²) in [6.07, 6.45) is 0. The minimum absolute atomic E-state index is 0. The van der Waals surface area contributed by atoms with Crippen molar-refractivity contribution in [3.05, 3.63) is 23.8 Å². The molecule has 1 unspecified atom stereocenters. The van der Waals surface area contributed by atoms with Gasteiger partial charge in [-0.05, 0) is 40.2 Å². The van der Waals surface area contributed by atoms with E-state index >= 15 is 0 Å². The fraction of sp³-hybridized carbons (Fsp3) is 0.650. The molecule has 29 heavy (non-hydrogen) atoms. The maximum absolute atomic E-state index is 11.9. The van der Waals surface area contributed by atoms with Gasteiger partial charge in [0.1, 0.15) is 0 Å². The summed E-state index contributed by atoms with van der Waals surface area (Å²) in [5, 5.41) is 8.94. The third-order valence-corrected chi connectivity index (χ3v) is 5.70. The second-order valence-corrected chi connectivity index (χ2v) is 8.00. The van der Waals surface area contributed by atoms with Gasteiger partial charge in [-0.25, -0.2) is 0 Å². The highest BCUT2D eigenvalue weighted by molar-refractivity contribution is 6.01. The highest BCUT2D eigenvalue weighted by Gasteiger charge is 2.46. The molecule has 9 heteroatoms. The molecule has 2 aliphatic heterocycles. The van der Waals surface area contributed by atoms with Crippen molar-refractivity contribution in [3.63, 3.8) is 0 Å². The number of piperazine rings is 1. The van der Waals surface area contributed by atoms with E-state index in [1.807, 2.05) is 25.9 Å². The van der Waals surface area contributed by atoms with Gasteiger partial charge in [0.05, 0.1) is 31.4 Å². The molecule has 0 radical (unpaired) electrons. The summed E-state index contributed by atoms with van der Waals surface area (Å²) in [6.45, 7) is 7.81. The van der Waals surface area contributed by atoms with Crippen molar-refractivity contribution >= 4 is 16.9 Å². The molecule has 2 aromatic rings. The number of aliphatic hydroxyl groups excluding tert-OH is 1. The number of β-amino-alcohol motifs (C(OH)–C–C–N with tert-alkyl or cyclic N) is 1. The van der Waals surface area contributed by atoms with Crippen LogP contribution in [0.4, 0.5) is 0 Å². The Morgan fingerprint density at radius 3 is 2.41 bits per heavy atom. The standard InChI is InChI=1S/C11H13NO3.C9H18N2O2.H2O/c1-7(12(2)3)11(13)8-4-5-9-10(6-8)15-14-9;1-10-2-3-11(4-5-12)9(6-10)7-13-8-9;/h4-7H,1-3H3;12H,2-8H2,1H3;1H2. The van der Waals surface area contributed by atoms with Gasteiger partial charge in [0, 0.05) is 37.8 Å². The number of fused-ring (bicyclic) bond motifs is 1. The van der Waals surface area contributed by atoms with Gasteiger partial charge in [-0.2, -0.15) is 0 Å². The molecule has 3 N–H and O–H groups in total. The number of rotatable bonds is 5. The highest BCUT2D eigenvalue weighted by atomic mass is 17.0. The Morgan fingerprint density at radius 2 is 1.93 bits per heavy atom. The normalized spacial score (nSPS) is 20.1. The monoisotopic (exact) mass is 411 g/mol. The molecule has 3 heterocycles. The van der Waals surface area contributed by atoms with E-state index in [4.69, 9.17) is 19.0 Å². The number of ketones is 1. The topological polar surface area (TPSA) is 114 Å². The maximum Gasteiger partial charge on any atom is 0.226 e. The van der Waals surface area contributed by atoms with E-state index < -0.39 is 0 Å². The minimum atomic E-state index is -0.135. The Hall–Kier alpha value is -1.75. The van der Waals surface area contributed by atoms with Gasteiger partial charge in [0.15, 0.2) is 5.78 Å². The molecule has 9 nitrogen and oxygen atoms in total. The average molecular weight is 411 g/mol. The van der Waals surface area contributed by atoms with Crippen molar-refractivity contribution in [2.75, 3.05) is 67.1 Å². The van der Waals surface area contributed by atoms with Crippen LogP contribution in [0.25, 0.3) is 11.2 Å². The number of carbonyl (C=O) groups excluding carboxylic acids is 1. The first kappa shape index (κ1) is 23.5. The second kappa shape index (κ2) is 9.84. The minimum Gasteiger partial charge on any atom is -0.412 e. The maximum atomic E-state index is 11.9. The lowest BCUT2D eigenvalue weighted by Gasteiger charge is -2.54. The number of carbonyl (C=O) groups is 1. The van der Waals surface area contributed by atoms with Crippen LogP contribution in [0.2, 0.25) is 0 Å². The van der Waals surface area contributed by atoms with Crippen molar-refractivity contribution in [3.8, 4) is 0 Å². The molecule has 1 atom stereocenters. The molecule has 4 rings (SSSR count). The van der Waals surface area contributed by atoms with E-state index in [-0.39, 0.29) is 29.4 Å². The fourth-order valence-electron chi connectivity index (χ4n) is 3.62. The smallest absolute Gasteiger partial charge is 0.226 e. The van der Waals surface area contributed by atoms with E-state index in [1.54, 1.807) is 18.2 Å². The second-order valence-electron chi connectivity index (χ2n) is 8.00. The quantitative estimate of drug-likeness (QED) is 0.553. The lowest BCUT2D eigenvalue weighted by atomic mass is 9.92. The first-order chi connectivity index (χ1) is 13.4. The Labute approximate surface area is 171 Å². The molecule has 0 amide bonds. The number of benzene rings is 1. The van der Waals surface area contributed by atoms with Crippen molar-refractivity contribution in [2.24, 2.45) is 0 Å². The molecule has 0 saturated carbocycles. The number of Topliss-reactive ketones (excluding diaryl/α,β-unsaturated/α-hetero) is 1. The summed E-state index contributed by atoms with van der Waals surface area (Å²) in [7, 11) is 5.91. The van der Waals surface area contributed by atoms with Gasteiger partial charge in [0.2, 0.25) is 11.2 Å². The van der Waals surface area contributed by atoms with Gasteiger partial charge in [-0.15, -0.1) is 0 Å². The van der Waals surface area contributed by atoms with Gasteiger partial charge in [-0.3, -0.25) is 23.7 Å². The Kier molecular flexibility index (Phi) is 7.98. The Balaban J connectivity index is 0.000000202. The molecule has 2 saturated heterocycles. The third kappa shape index (κ3) is 5.06. The van der Waals surface area contributed by atoms with Gasteiger partial charge >= 0.3 is 0 Å². The summed E-state index contributed by atoms with van der Waals surface area (Å²) < 4.78 is 14.7. The summed E-state index contributed by atoms with van der Waals surface area (Å²) in [4.78, 5) is 18.5. The van der Waals surface area contributed by atoms with Gasteiger partial charge < -0.3 is 20.2 Å². The largest absolute Gasteiger partial charge is 0.412 e. The van der Waals surface area contributed by atoms with Crippen LogP contribution >= 0.6 is 0 Å². The zero-order valence-corrected chi connectivity index (χ0v) is 17.7. The third-order valence-electron chi connectivity index (χ3n) is 5.70. The van der Waals surface area contributed by atoms with Crippen LogP contribution in [0.3, 0.4) is 0 Å². The van der Waals surface area contributed by atoms with Crippen LogP contribution in [0.1, 0.15) is 17.3 Å². The molecule has 1 aromatic heterocycles. The predicted molar refractivity (Wildman–Crippen MR) is 109 cm³/mol. The molecule has 1 aromatic carbocycles. The molecular formula is C20H33N3O6. The van der Waals surface area contributed by atoms with Crippen LogP contribution in [0.15, 0.2) is 27.4 Å². The molecule has 2 fully saturated rings. The Bertz CT molecular complexity index is 782. The van der Waals surface area contributed by atoms with Crippen LogP contribution in [0, 0.1) is 0 Å². The molecule has 1 spiro atoms. The number of ether oxygens (including phenoxy) is 1. The van der Waals surface area contributed by atoms with E-state index in [0.717, 1.165) is 39.4 Å². The van der Waals surface area contributed by atoms with Crippen molar-refractivity contribution in [2.45, 2.75) is 18.5 Å². The van der Waals surface area contributed by atoms with Crippen LogP contribution in [0.5, 0.6) is 0 Å². The highest BCUT2D eigenvalue weighted by Crippen LogP contribution is 2.28. The van der Waals surface area contributed by atoms with Gasteiger partial charge in [0.25, 0.3) is 0 Å². The lowest BCUT2D eigenvalue weighted by molar-refractivity contribution is -0.168. The summed E-state index contributed by atoms with van der Waals surface area (Å²) in [5.74, 6) is 0.0818. The van der Waals surface area contributed by atoms with Crippen molar-refractivity contribution in [1.29, 1.82) is 0 Å². The van der Waals surface area contributed by atoms with Crippen LogP contribution < -0.4 is 0 Å².